The molecule has 1 unspecified atom stereocenters. The molecule has 5 nitrogen and oxygen atoms in total. The third-order valence-corrected chi connectivity index (χ3v) is 4.45. The van der Waals surface area contributed by atoms with E-state index in [-0.39, 0.29) is 18.9 Å². The van der Waals surface area contributed by atoms with E-state index < -0.39 is 15.3 Å². The third kappa shape index (κ3) is 2.39. The Balaban J connectivity index is 2.35. The average molecular weight is 268 g/mol. The van der Waals surface area contributed by atoms with E-state index in [4.69, 9.17) is 5.14 Å². The first-order valence-corrected chi connectivity index (χ1v) is 7.29. The highest BCUT2D eigenvalue weighted by atomic mass is 32.2. The molecule has 6 heteroatoms. The highest BCUT2D eigenvalue weighted by Gasteiger charge is 2.37. The summed E-state index contributed by atoms with van der Waals surface area (Å²) < 4.78 is 22.6. The van der Waals surface area contributed by atoms with Crippen molar-refractivity contribution in [2.45, 2.75) is 25.5 Å². The second-order valence-electron chi connectivity index (χ2n) is 4.71. The molecule has 1 aromatic carbocycles. The smallest absolute Gasteiger partial charge is 0.228 e. The number of hydrogen-bond acceptors (Lipinski definition) is 3. The maximum absolute atomic E-state index is 11.9. The van der Waals surface area contributed by atoms with Gasteiger partial charge >= 0.3 is 0 Å². The standard InChI is InChI=1S/C12H16N2O3S/c1-8-3-4-9(2)11(5-8)14-7-10(6-12(14)15)18(13,16)17/h3-5,10H,6-7H2,1-2H3,(H2,13,16,17). The van der Waals surface area contributed by atoms with E-state index in [1.54, 1.807) is 0 Å². The van der Waals surface area contributed by atoms with E-state index in [1.165, 1.54) is 4.90 Å². The largest absolute Gasteiger partial charge is 0.311 e. The summed E-state index contributed by atoms with van der Waals surface area (Å²) in [4.78, 5) is 13.4. The SMILES string of the molecule is Cc1ccc(C)c(N2CC(S(N)(=O)=O)CC2=O)c1. The van der Waals surface area contributed by atoms with Crippen molar-refractivity contribution in [3.05, 3.63) is 29.3 Å². The van der Waals surface area contributed by atoms with Gasteiger partial charge in [-0.05, 0) is 31.0 Å². The van der Waals surface area contributed by atoms with Gasteiger partial charge in [0.2, 0.25) is 15.9 Å². The molecule has 1 amide bonds. The summed E-state index contributed by atoms with van der Waals surface area (Å²) >= 11 is 0. The number of sulfonamides is 1. The fourth-order valence-electron chi connectivity index (χ4n) is 2.14. The second kappa shape index (κ2) is 4.37. The predicted molar refractivity (Wildman–Crippen MR) is 69.8 cm³/mol. The Morgan fingerprint density at radius 1 is 1.33 bits per heavy atom. The van der Waals surface area contributed by atoms with E-state index in [2.05, 4.69) is 0 Å². The van der Waals surface area contributed by atoms with Gasteiger partial charge in [0.25, 0.3) is 0 Å². The third-order valence-electron chi connectivity index (χ3n) is 3.21. The van der Waals surface area contributed by atoms with E-state index >= 15 is 0 Å². The molecule has 2 N–H and O–H groups in total. The summed E-state index contributed by atoms with van der Waals surface area (Å²) in [7, 11) is -3.66. The van der Waals surface area contributed by atoms with Gasteiger partial charge in [-0.3, -0.25) is 4.79 Å². The zero-order chi connectivity index (χ0) is 13.5. The molecule has 1 atom stereocenters. The van der Waals surface area contributed by atoms with Gasteiger partial charge in [0.1, 0.15) is 5.25 Å². The predicted octanol–water partition coefficient (Wildman–Crippen LogP) is 0.697. The molecule has 1 saturated heterocycles. The fraction of sp³-hybridized carbons (Fsp3) is 0.417. The summed E-state index contributed by atoms with van der Waals surface area (Å²) in [6.07, 6.45) is -0.0355. The first-order valence-electron chi connectivity index (χ1n) is 5.68. The number of primary sulfonamides is 1. The van der Waals surface area contributed by atoms with Crippen molar-refractivity contribution in [2.24, 2.45) is 5.14 Å². The van der Waals surface area contributed by atoms with E-state index in [1.807, 2.05) is 32.0 Å². The minimum absolute atomic E-state index is 0.0355. The molecule has 1 aliphatic rings. The van der Waals surface area contributed by atoms with Gasteiger partial charge in [-0.15, -0.1) is 0 Å². The number of amides is 1. The lowest BCUT2D eigenvalue weighted by molar-refractivity contribution is -0.117. The number of nitrogens with two attached hydrogens (primary N) is 1. The van der Waals surface area contributed by atoms with Crippen molar-refractivity contribution < 1.29 is 13.2 Å². The van der Waals surface area contributed by atoms with Gasteiger partial charge in [0.15, 0.2) is 0 Å². The molecule has 1 heterocycles. The van der Waals surface area contributed by atoms with Gasteiger partial charge in [-0.2, -0.15) is 0 Å². The average Bonchev–Trinajstić information content (AvgIpc) is 2.64. The maximum atomic E-state index is 11.9. The first kappa shape index (κ1) is 13.0. The summed E-state index contributed by atoms with van der Waals surface area (Å²) in [5.74, 6) is -0.192. The maximum Gasteiger partial charge on any atom is 0.228 e. The van der Waals surface area contributed by atoms with Crippen molar-refractivity contribution >= 4 is 21.6 Å². The van der Waals surface area contributed by atoms with E-state index in [0.717, 1.165) is 16.8 Å². The Morgan fingerprint density at radius 2 is 2.00 bits per heavy atom. The highest BCUT2D eigenvalue weighted by Crippen LogP contribution is 2.27. The molecule has 18 heavy (non-hydrogen) atoms. The number of carbonyl (C=O) groups is 1. The van der Waals surface area contributed by atoms with Crippen LogP contribution in [0, 0.1) is 13.8 Å². The van der Waals surface area contributed by atoms with Gasteiger partial charge in [-0.1, -0.05) is 12.1 Å². The van der Waals surface area contributed by atoms with Crippen LogP contribution in [0.5, 0.6) is 0 Å². The summed E-state index contributed by atoms with van der Waals surface area (Å²) in [6.45, 7) is 3.97. The van der Waals surface area contributed by atoms with Gasteiger partial charge in [0.05, 0.1) is 0 Å². The van der Waals surface area contributed by atoms with Gasteiger partial charge in [0, 0.05) is 18.7 Å². The zero-order valence-electron chi connectivity index (χ0n) is 10.4. The topological polar surface area (TPSA) is 80.5 Å². The molecule has 0 radical (unpaired) electrons. The molecule has 1 aromatic rings. The fourth-order valence-corrected chi connectivity index (χ4v) is 2.87. The number of anilines is 1. The van der Waals surface area contributed by atoms with Crippen LogP contribution in [-0.4, -0.2) is 26.1 Å². The molecule has 0 bridgehead atoms. The lowest BCUT2D eigenvalue weighted by Crippen LogP contribution is -2.32. The highest BCUT2D eigenvalue weighted by molar-refractivity contribution is 7.89. The number of rotatable bonds is 2. The van der Waals surface area contributed by atoms with E-state index in [0.29, 0.717) is 0 Å². The Kier molecular flexibility index (Phi) is 3.16. The normalized spacial score (nSPS) is 20.5. The number of benzene rings is 1. The van der Waals surface area contributed by atoms with Crippen LogP contribution in [0.1, 0.15) is 17.5 Å². The van der Waals surface area contributed by atoms with Crippen molar-refractivity contribution in [1.82, 2.24) is 0 Å². The quantitative estimate of drug-likeness (QED) is 0.857. The van der Waals surface area contributed by atoms with Gasteiger partial charge < -0.3 is 4.90 Å². The lowest BCUT2D eigenvalue weighted by atomic mass is 10.1. The number of hydrogen-bond donors (Lipinski definition) is 1. The van der Waals surface area contributed by atoms with Crippen LogP contribution in [0.15, 0.2) is 18.2 Å². The molecule has 1 aliphatic heterocycles. The molecular weight excluding hydrogens is 252 g/mol. The Morgan fingerprint density at radius 3 is 2.56 bits per heavy atom. The summed E-state index contributed by atoms with van der Waals surface area (Å²) in [5.41, 5.74) is 2.75. The van der Waals surface area contributed by atoms with Gasteiger partial charge in [-0.25, -0.2) is 13.6 Å². The number of aryl methyl sites for hydroxylation is 2. The van der Waals surface area contributed by atoms with Crippen LogP contribution >= 0.6 is 0 Å². The minimum atomic E-state index is -3.66. The molecule has 0 saturated carbocycles. The number of carbonyl (C=O) groups excluding carboxylic acids is 1. The van der Waals surface area contributed by atoms with Crippen molar-refractivity contribution in [1.29, 1.82) is 0 Å². The lowest BCUT2D eigenvalue weighted by Gasteiger charge is -2.19. The van der Waals surface area contributed by atoms with Crippen LogP contribution in [-0.2, 0) is 14.8 Å². The minimum Gasteiger partial charge on any atom is -0.311 e. The first-order chi connectivity index (χ1) is 8.29. The monoisotopic (exact) mass is 268 g/mol. The molecule has 98 valence electrons. The van der Waals surface area contributed by atoms with Crippen molar-refractivity contribution in [3.8, 4) is 0 Å². The number of nitrogens with zero attached hydrogens (tertiary/aromatic N) is 1. The molecule has 0 aliphatic carbocycles. The van der Waals surface area contributed by atoms with Crippen LogP contribution in [0.4, 0.5) is 5.69 Å². The Labute approximate surface area is 107 Å². The summed E-state index contributed by atoms with van der Waals surface area (Å²) in [6, 6.07) is 5.76. The van der Waals surface area contributed by atoms with Crippen LogP contribution in [0.2, 0.25) is 0 Å². The Bertz CT molecular complexity index is 595. The van der Waals surface area contributed by atoms with Crippen molar-refractivity contribution in [3.63, 3.8) is 0 Å². The van der Waals surface area contributed by atoms with E-state index in [9.17, 15) is 13.2 Å². The molecular formula is C12H16N2O3S. The van der Waals surface area contributed by atoms with Crippen LogP contribution in [0.3, 0.4) is 0 Å². The molecule has 1 fully saturated rings. The zero-order valence-corrected chi connectivity index (χ0v) is 11.2. The molecule has 2 rings (SSSR count). The molecule has 0 spiro atoms. The Hall–Kier alpha value is -1.40. The van der Waals surface area contributed by atoms with Crippen LogP contribution in [0.25, 0.3) is 0 Å². The van der Waals surface area contributed by atoms with Crippen molar-refractivity contribution in [2.75, 3.05) is 11.4 Å². The summed E-state index contributed by atoms with van der Waals surface area (Å²) in [5, 5.41) is 4.30. The second-order valence-corrected chi connectivity index (χ2v) is 6.55. The molecule has 0 aromatic heterocycles. The van der Waals surface area contributed by atoms with Crippen LogP contribution < -0.4 is 10.0 Å².